The van der Waals surface area contributed by atoms with Gasteiger partial charge >= 0.3 is 0 Å². The molecule has 0 saturated heterocycles. The molecule has 1 fully saturated rings. The number of hydrogen-bond acceptors (Lipinski definition) is 1. The third kappa shape index (κ3) is 1.23. The summed E-state index contributed by atoms with van der Waals surface area (Å²) in [5.74, 6) is 0.123. The zero-order valence-corrected chi connectivity index (χ0v) is 5.86. The van der Waals surface area contributed by atoms with Gasteiger partial charge < -0.3 is 5.73 Å². The maximum Gasteiger partial charge on any atom is 0.0940 e. The fourth-order valence-electron chi connectivity index (χ4n) is 1.22. The maximum absolute atomic E-state index is 12.1. The van der Waals surface area contributed by atoms with E-state index in [0.29, 0.717) is 0 Å². The minimum atomic E-state index is -0.243. The zero-order chi connectivity index (χ0) is 6.91. The normalized spacial score (nSPS) is 25.7. The third-order valence-corrected chi connectivity index (χ3v) is 2.32. The summed E-state index contributed by atoms with van der Waals surface area (Å²) in [6, 6.07) is 0. The molecule has 9 heavy (non-hydrogen) atoms. The molecule has 2 heteroatoms. The number of hydrogen-bond donors (Lipinski definition) is 1. The van der Waals surface area contributed by atoms with E-state index in [0.717, 1.165) is 19.3 Å². The van der Waals surface area contributed by atoms with Crippen LogP contribution in [0.1, 0.15) is 26.2 Å². The van der Waals surface area contributed by atoms with Crippen LogP contribution in [0.25, 0.3) is 0 Å². The second kappa shape index (κ2) is 2.25. The van der Waals surface area contributed by atoms with Crippen LogP contribution in [-0.4, -0.2) is 12.2 Å². The number of nitrogens with two attached hydrogens (primary N) is 1. The SMILES string of the molecule is CCC(CF)C1(N)CC1. The first kappa shape index (κ1) is 7.00. The van der Waals surface area contributed by atoms with E-state index in [9.17, 15) is 4.39 Å². The van der Waals surface area contributed by atoms with Crippen LogP contribution in [0, 0.1) is 5.92 Å². The molecule has 0 spiro atoms. The van der Waals surface area contributed by atoms with Gasteiger partial charge in [0.2, 0.25) is 0 Å². The van der Waals surface area contributed by atoms with Crippen molar-refractivity contribution in [3.8, 4) is 0 Å². The van der Waals surface area contributed by atoms with E-state index in [4.69, 9.17) is 5.73 Å². The van der Waals surface area contributed by atoms with E-state index < -0.39 is 0 Å². The van der Waals surface area contributed by atoms with E-state index >= 15 is 0 Å². The lowest BCUT2D eigenvalue weighted by molar-refractivity contribution is 0.293. The molecule has 0 amide bonds. The minimum Gasteiger partial charge on any atom is -0.325 e. The van der Waals surface area contributed by atoms with Gasteiger partial charge in [-0.2, -0.15) is 0 Å². The Balaban J connectivity index is 2.37. The quantitative estimate of drug-likeness (QED) is 0.616. The predicted octanol–water partition coefficient (Wildman–Crippen LogP) is 1.47. The maximum atomic E-state index is 12.1. The molecule has 0 aromatic rings. The van der Waals surface area contributed by atoms with Crippen LogP contribution in [0.3, 0.4) is 0 Å². The van der Waals surface area contributed by atoms with E-state index in [1.165, 1.54) is 0 Å². The molecule has 1 nitrogen and oxygen atoms in total. The molecule has 1 aliphatic rings. The summed E-state index contributed by atoms with van der Waals surface area (Å²) < 4.78 is 12.1. The van der Waals surface area contributed by atoms with E-state index in [2.05, 4.69) is 0 Å². The Kier molecular flexibility index (Phi) is 1.75. The topological polar surface area (TPSA) is 26.0 Å². The Bertz CT molecular complexity index is 95.1. The van der Waals surface area contributed by atoms with E-state index in [1.54, 1.807) is 0 Å². The van der Waals surface area contributed by atoms with Crippen molar-refractivity contribution in [1.82, 2.24) is 0 Å². The van der Waals surface area contributed by atoms with Gasteiger partial charge in [-0.15, -0.1) is 0 Å². The minimum absolute atomic E-state index is 0.108. The second-order valence-electron chi connectivity index (χ2n) is 2.99. The summed E-state index contributed by atoms with van der Waals surface area (Å²) in [5.41, 5.74) is 5.66. The van der Waals surface area contributed by atoms with Crippen LogP contribution in [0.2, 0.25) is 0 Å². The van der Waals surface area contributed by atoms with Crippen LogP contribution in [0.5, 0.6) is 0 Å². The average molecular weight is 131 g/mol. The van der Waals surface area contributed by atoms with Crippen molar-refractivity contribution < 1.29 is 4.39 Å². The summed E-state index contributed by atoms with van der Waals surface area (Å²) in [6.45, 7) is 1.75. The summed E-state index contributed by atoms with van der Waals surface area (Å²) >= 11 is 0. The summed E-state index contributed by atoms with van der Waals surface area (Å²) in [4.78, 5) is 0. The van der Waals surface area contributed by atoms with Crippen LogP contribution < -0.4 is 5.73 Å². The van der Waals surface area contributed by atoms with Gasteiger partial charge in [0.05, 0.1) is 6.67 Å². The Morgan fingerprint density at radius 3 is 2.33 bits per heavy atom. The highest BCUT2D eigenvalue weighted by Crippen LogP contribution is 2.41. The molecule has 0 aromatic heterocycles. The van der Waals surface area contributed by atoms with Crippen molar-refractivity contribution in [1.29, 1.82) is 0 Å². The molecule has 2 N–H and O–H groups in total. The van der Waals surface area contributed by atoms with Gasteiger partial charge in [0.25, 0.3) is 0 Å². The molecular weight excluding hydrogens is 117 g/mol. The summed E-state index contributed by atoms with van der Waals surface area (Å²) in [6.07, 6.45) is 2.93. The van der Waals surface area contributed by atoms with Gasteiger partial charge in [0, 0.05) is 11.5 Å². The molecule has 1 rings (SSSR count). The van der Waals surface area contributed by atoms with Crippen molar-refractivity contribution in [2.75, 3.05) is 6.67 Å². The first-order valence-corrected chi connectivity index (χ1v) is 3.58. The highest BCUT2D eigenvalue weighted by molar-refractivity contribution is 5.03. The number of halogens is 1. The lowest BCUT2D eigenvalue weighted by Gasteiger charge is -2.17. The molecule has 0 bridgehead atoms. The molecule has 54 valence electrons. The number of alkyl halides is 1. The van der Waals surface area contributed by atoms with E-state index in [1.807, 2.05) is 6.92 Å². The molecule has 0 aromatic carbocycles. The van der Waals surface area contributed by atoms with Crippen LogP contribution >= 0.6 is 0 Å². The smallest absolute Gasteiger partial charge is 0.0940 e. The van der Waals surface area contributed by atoms with Crippen LogP contribution in [-0.2, 0) is 0 Å². The average Bonchev–Trinajstić information content (AvgIpc) is 2.52. The van der Waals surface area contributed by atoms with Crippen LogP contribution in [0.15, 0.2) is 0 Å². The molecule has 0 aliphatic heterocycles. The van der Waals surface area contributed by atoms with Gasteiger partial charge in [-0.05, 0) is 19.3 Å². The molecule has 0 heterocycles. The van der Waals surface area contributed by atoms with Crippen molar-refractivity contribution in [2.24, 2.45) is 11.7 Å². The standard InChI is InChI=1S/C7H14FN/c1-2-6(5-8)7(9)3-4-7/h6H,2-5,9H2,1H3. The Morgan fingerprint density at radius 1 is 1.67 bits per heavy atom. The fraction of sp³-hybridized carbons (Fsp3) is 1.00. The Labute approximate surface area is 55.4 Å². The molecule has 1 saturated carbocycles. The predicted molar refractivity (Wildman–Crippen MR) is 35.9 cm³/mol. The lowest BCUT2D eigenvalue weighted by atomic mass is 9.97. The van der Waals surface area contributed by atoms with Gasteiger partial charge in [0.1, 0.15) is 0 Å². The Hall–Kier alpha value is -0.110. The lowest BCUT2D eigenvalue weighted by Crippen LogP contribution is -2.33. The largest absolute Gasteiger partial charge is 0.325 e. The van der Waals surface area contributed by atoms with Crippen LogP contribution in [0.4, 0.5) is 4.39 Å². The first-order chi connectivity index (χ1) is 4.23. The molecule has 1 unspecified atom stereocenters. The van der Waals surface area contributed by atoms with Crippen molar-refractivity contribution in [3.63, 3.8) is 0 Å². The third-order valence-electron chi connectivity index (χ3n) is 2.32. The van der Waals surface area contributed by atoms with Crippen molar-refractivity contribution >= 4 is 0 Å². The molecule has 1 atom stereocenters. The monoisotopic (exact) mass is 131 g/mol. The molecule has 1 aliphatic carbocycles. The summed E-state index contributed by atoms with van der Waals surface area (Å²) in [7, 11) is 0. The first-order valence-electron chi connectivity index (χ1n) is 3.58. The van der Waals surface area contributed by atoms with Gasteiger partial charge in [-0.25, -0.2) is 0 Å². The highest BCUT2D eigenvalue weighted by atomic mass is 19.1. The van der Waals surface area contributed by atoms with Gasteiger partial charge in [-0.1, -0.05) is 6.92 Å². The van der Waals surface area contributed by atoms with Gasteiger partial charge in [0.15, 0.2) is 0 Å². The molecular formula is C7H14FN. The zero-order valence-electron chi connectivity index (χ0n) is 5.86. The second-order valence-corrected chi connectivity index (χ2v) is 2.99. The fourth-order valence-corrected chi connectivity index (χ4v) is 1.22. The van der Waals surface area contributed by atoms with Crippen molar-refractivity contribution in [3.05, 3.63) is 0 Å². The van der Waals surface area contributed by atoms with E-state index in [-0.39, 0.29) is 18.1 Å². The number of rotatable bonds is 3. The summed E-state index contributed by atoms with van der Waals surface area (Å²) in [5, 5.41) is 0. The van der Waals surface area contributed by atoms with Gasteiger partial charge in [-0.3, -0.25) is 4.39 Å². The highest BCUT2D eigenvalue weighted by Gasteiger charge is 2.44. The molecule has 0 radical (unpaired) electrons. The van der Waals surface area contributed by atoms with Crippen molar-refractivity contribution in [2.45, 2.75) is 31.7 Å². The Morgan fingerprint density at radius 2 is 2.22 bits per heavy atom.